The van der Waals surface area contributed by atoms with Crippen LogP contribution in [0.4, 0.5) is 0 Å². The minimum Gasteiger partial charge on any atom is -0.451 e. The standard InChI is InChI=1S/3C10H17O.Al/c3*1-2-3-4-5-6-7-8-9-10-11;/h3*6-9H,2-5,10H2,1H3;/q3*-1;+3. The molecule has 4 heteroatoms. The largest absolute Gasteiger partial charge is 0.906 e. The molecule has 34 heavy (non-hydrogen) atoms. The van der Waals surface area contributed by atoms with Crippen LogP contribution in [0.25, 0.3) is 0 Å². The highest BCUT2D eigenvalue weighted by atomic mass is 27.3. The zero-order chi connectivity index (χ0) is 24.8. The van der Waals surface area contributed by atoms with E-state index in [0.29, 0.717) is 19.8 Å². The van der Waals surface area contributed by atoms with Crippen LogP contribution >= 0.6 is 0 Å². The van der Waals surface area contributed by atoms with Gasteiger partial charge >= 0.3 is 15.1 Å². The van der Waals surface area contributed by atoms with Gasteiger partial charge in [-0.15, -0.1) is 0 Å². The van der Waals surface area contributed by atoms with E-state index < -0.39 is 15.1 Å². The first kappa shape index (κ1) is 32.9. The van der Waals surface area contributed by atoms with Crippen molar-refractivity contribution in [3.63, 3.8) is 0 Å². The molecule has 0 saturated carbocycles. The monoisotopic (exact) mass is 486 g/mol. The van der Waals surface area contributed by atoms with E-state index >= 15 is 0 Å². The average Bonchev–Trinajstić information content (AvgIpc) is 2.85. The van der Waals surface area contributed by atoms with E-state index in [1.807, 2.05) is 36.5 Å². The van der Waals surface area contributed by atoms with Crippen molar-refractivity contribution in [2.75, 3.05) is 19.8 Å². The van der Waals surface area contributed by atoms with Gasteiger partial charge in [0.25, 0.3) is 0 Å². The van der Waals surface area contributed by atoms with E-state index in [0.717, 1.165) is 19.3 Å². The molecular weight excluding hydrogens is 435 g/mol. The summed E-state index contributed by atoms with van der Waals surface area (Å²) in [6.07, 6.45) is 40.0. The Labute approximate surface area is 216 Å². The molecule has 0 heterocycles. The van der Waals surface area contributed by atoms with Gasteiger partial charge in [0.2, 0.25) is 0 Å². The van der Waals surface area contributed by atoms with Crippen LogP contribution in [-0.2, 0) is 11.4 Å². The fourth-order valence-electron chi connectivity index (χ4n) is 3.01. The number of hydrogen-bond donors (Lipinski definition) is 0. The van der Waals surface area contributed by atoms with Crippen LogP contribution in [0.1, 0.15) is 97.8 Å². The Balaban J connectivity index is 4.31. The molecule has 0 aliphatic heterocycles. The number of hydrogen-bond acceptors (Lipinski definition) is 3. The lowest BCUT2D eigenvalue weighted by Crippen LogP contribution is -2.27. The summed E-state index contributed by atoms with van der Waals surface area (Å²) in [4.78, 5) is 0. The lowest BCUT2D eigenvalue weighted by atomic mass is 10.2. The van der Waals surface area contributed by atoms with Crippen molar-refractivity contribution < 1.29 is 11.4 Å². The Morgan fingerprint density at radius 2 is 0.706 bits per heavy atom. The summed E-state index contributed by atoms with van der Waals surface area (Å²) in [5, 5.41) is 0. The Hall–Kier alpha value is -1.15. The summed E-state index contributed by atoms with van der Waals surface area (Å²) in [7, 11) is 0. The fourth-order valence-corrected chi connectivity index (χ4v) is 4.10. The van der Waals surface area contributed by atoms with Crippen molar-refractivity contribution in [1.29, 1.82) is 0 Å². The van der Waals surface area contributed by atoms with E-state index in [1.54, 1.807) is 0 Å². The molecule has 0 amide bonds. The molecular formula is C30H51AlO3. The molecule has 0 aromatic carbocycles. The van der Waals surface area contributed by atoms with Crippen LogP contribution in [0.5, 0.6) is 0 Å². The first-order chi connectivity index (χ1) is 16.8. The third-order valence-electron chi connectivity index (χ3n) is 5.06. The van der Waals surface area contributed by atoms with Crippen LogP contribution in [0.2, 0.25) is 0 Å². The second-order valence-electron chi connectivity index (χ2n) is 8.34. The number of rotatable bonds is 24. The van der Waals surface area contributed by atoms with E-state index in [4.69, 9.17) is 11.4 Å². The predicted octanol–water partition coefficient (Wildman–Crippen LogP) is 9.10. The van der Waals surface area contributed by atoms with Crippen molar-refractivity contribution in [1.82, 2.24) is 0 Å². The Kier molecular flexibility index (Phi) is 28.9. The molecule has 0 fully saturated rings. The van der Waals surface area contributed by atoms with Crippen molar-refractivity contribution in [3.8, 4) is 0 Å². The third-order valence-corrected chi connectivity index (χ3v) is 6.45. The summed E-state index contributed by atoms with van der Waals surface area (Å²) in [5.74, 6) is 0. The van der Waals surface area contributed by atoms with Crippen molar-refractivity contribution >= 4 is 15.1 Å². The van der Waals surface area contributed by atoms with Crippen LogP contribution < -0.4 is 0 Å². The molecule has 0 bridgehead atoms. The molecule has 3 nitrogen and oxygen atoms in total. The first-order valence-corrected chi connectivity index (χ1v) is 15.1. The second-order valence-corrected chi connectivity index (χ2v) is 9.92. The maximum absolute atomic E-state index is 5.90. The highest BCUT2D eigenvalue weighted by molar-refractivity contribution is 6.36. The molecule has 0 aliphatic rings. The smallest absolute Gasteiger partial charge is 0.451 e. The summed E-state index contributed by atoms with van der Waals surface area (Å²) < 4.78 is 17.7. The van der Waals surface area contributed by atoms with Gasteiger partial charge in [0.1, 0.15) is 0 Å². The molecule has 0 aromatic rings. The summed E-state index contributed by atoms with van der Waals surface area (Å²) in [5.41, 5.74) is 0. The molecule has 0 atom stereocenters. The quantitative estimate of drug-likeness (QED) is 0.0773. The molecule has 0 unspecified atom stereocenters. The van der Waals surface area contributed by atoms with Crippen LogP contribution in [0.15, 0.2) is 72.9 Å². The van der Waals surface area contributed by atoms with Gasteiger partial charge in [-0.1, -0.05) is 132 Å². The lowest BCUT2D eigenvalue weighted by Gasteiger charge is -2.10. The van der Waals surface area contributed by atoms with Gasteiger partial charge in [-0.25, -0.2) is 0 Å². The highest BCUT2D eigenvalue weighted by Gasteiger charge is 2.29. The van der Waals surface area contributed by atoms with Gasteiger partial charge in [0.05, 0.1) is 0 Å². The van der Waals surface area contributed by atoms with Crippen LogP contribution in [-0.4, -0.2) is 35.0 Å². The molecule has 0 aromatic heterocycles. The summed E-state index contributed by atoms with van der Waals surface area (Å²) in [6, 6.07) is 0. The topological polar surface area (TPSA) is 27.7 Å². The Morgan fingerprint density at radius 1 is 0.412 bits per heavy atom. The molecule has 0 saturated heterocycles. The van der Waals surface area contributed by atoms with E-state index in [-0.39, 0.29) is 0 Å². The molecule has 0 aliphatic carbocycles. The molecule has 0 spiro atoms. The SMILES string of the molecule is CCCCCC=CC=CC[O][Al]([O]CC=CC=CCCCCC)[O]CC=CC=CCCCCC. The van der Waals surface area contributed by atoms with Crippen molar-refractivity contribution in [3.05, 3.63) is 72.9 Å². The minimum atomic E-state index is -2.18. The Bertz CT molecular complexity index is 495. The Morgan fingerprint density at radius 3 is 1.00 bits per heavy atom. The number of allylic oxidation sites excluding steroid dienone is 9. The van der Waals surface area contributed by atoms with Gasteiger partial charge < -0.3 is 11.4 Å². The second kappa shape index (κ2) is 29.9. The van der Waals surface area contributed by atoms with Gasteiger partial charge in [-0.2, -0.15) is 0 Å². The maximum Gasteiger partial charge on any atom is 0.906 e. The zero-order valence-corrected chi connectivity index (χ0v) is 23.5. The predicted molar refractivity (Wildman–Crippen MR) is 151 cm³/mol. The average molecular weight is 487 g/mol. The van der Waals surface area contributed by atoms with Crippen molar-refractivity contribution in [2.45, 2.75) is 97.8 Å². The third kappa shape index (κ3) is 27.1. The van der Waals surface area contributed by atoms with E-state index in [1.165, 1.54) is 57.8 Å². The van der Waals surface area contributed by atoms with Crippen LogP contribution in [0, 0.1) is 0 Å². The van der Waals surface area contributed by atoms with Crippen molar-refractivity contribution in [2.24, 2.45) is 0 Å². The number of unbranched alkanes of at least 4 members (excludes halogenated alkanes) is 9. The molecule has 0 radical (unpaired) electrons. The van der Waals surface area contributed by atoms with Gasteiger partial charge in [0, 0.05) is 19.8 Å². The zero-order valence-electron chi connectivity index (χ0n) is 22.3. The fraction of sp³-hybridized carbons (Fsp3) is 0.600. The van der Waals surface area contributed by atoms with Gasteiger partial charge in [-0.05, 0) is 38.5 Å². The lowest BCUT2D eigenvalue weighted by molar-refractivity contribution is 0.123. The molecule has 192 valence electrons. The summed E-state index contributed by atoms with van der Waals surface area (Å²) in [6.45, 7) is 8.23. The molecule has 0 rings (SSSR count). The van der Waals surface area contributed by atoms with E-state index in [9.17, 15) is 0 Å². The summed E-state index contributed by atoms with van der Waals surface area (Å²) >= 11 is -2.18. The van der Waals surface area contributed by atoms with E-state index in [2.05, 4.69) is 57.2 Å². The molecule has 0 N–H and O–H groups in total. The van der Waals surface area contributed by atoms with Crippen LogP contribution in [0.3, 0.4) is 0 Å². The van der Waals surface area contributed by atoms with Gasteiger partial charge in [-0.3, -0.25) is 0 Å². The van der Waals surface area contributed by atoms with Gasteiger partial charge in [0.15, 0.2) is 0 Å². The highest BCUT2D eigenvalue weighted by Crippen LogP contribution is 2.02. The first-order valence-electron chi connectivity index (χ1n) is 13.6. The maximum atomic E-state index is 5.90. The minimum absolute atomic E-state index is 0.512. The normalized spacial score (nSPS) is 12.8.